The fraction of sp³-hybridized carbons (Fsp3) is 0.650. The standard InChI is InChI=1S/C20H34N4.HI/c1-17-11-15-24(16-12-17)14-8-7-13-22-20(21-3)23-18(2)19-9-5-4-6-10-19;/h4-6,9-10,17-18H,7-8,11-16H2,1-3H3,(H2,21,22,23);1H. The topological polar surface area (TPSA) is 39.7 Å². The summed E-state index contributed by atoms with van der Waals surface area (Å²) >= 11 is 0. The van der Waals surface area contributed by atoms with Gasteiger partial charge < -0.3 is 15.5 Å². The van der Waals surface area contributed by atoms with E-state index >= 15 is 0 Å². The van der Waals surface area contributed by atoms with Crippen molar-refractivity contribution in [1.29, 1.82) is 0 Å². The van der Waals surface area contributed by atoms with Crippen LogP contribution in [-0.2, 0) is 0 Å². The molecule has 0 spiro atoms. The molecule has 1 aromatic carbocycles. The first kappa shape index (κ1) is 22.2. The van der Waals surface area contributed by atoms with Crippen LogP contribution >= 0.6 is 24.0 Å². The third kappa shape index (κ3) is 8.40. The largest absolute Gasteiger partial charge is 0.356 e. The zero-order valence-corrected chi connectivity index (χ0v) is 18.3. The van der Waals surface area contributed by atoms with E-state index in [2.05, 4.69) is 58.6 Å². The third-order valence-electron chi connectivity index (χ3n) is 4.95. The summed E-state index contributed by atoms with van der Waals surface area (Å²) in [4.78, 5) is 6.95. The van der Waals surface area contributed by atoms with Crippen LogP contribution in [0.5, 0.6) is 0 Å². The Morgan fingerprint density at radius 2 is 1.88 bits per heavy atom. The van der Waals surface area contributed by atoms with Gasteiger partial charge in [0.25, 0.3) is 0 Å². The highest BCUT2D eigenvalue weighted by Gasteiger charge is 2.14. The van der Waals surface area contributed by atoms with Gasteiger partial charge in [0, 0.05) is 13.6 Å². The molecule has 1 fully saturated rings. The number of hydrogen-bond acceptors (Lipinski definition) is 2. The fourth-order valence-corrected chi connectivity index (χ4v) is 3.18. The second-order valence-electron chi connectivity index (χ2n) is 7.01. The molecule has 0 saturated carbocycles. The van der Waals surface area contributed by atoms with Crippen molar-refractivity contribution in [3.8, 4) is 0 Å². The van der Waals surface area contributed by atoms with Crippen molar-refractivity contribution >= 4 is 29.9 Å². The number of likely N-dealkylation sites (tertiary alicyclic amines) is 1. The van der Waals surface area contributed by atoms with E-state index in [1.54, 1.807) is 0 Å². The number of aliphatic imine (C=N–C) groups is 1. The summed E-state index contributed by atoms with van der Waals surface area (Å²) in [5.74, 6) is 1.81. The maximum atomic E-state index is 4.33. The second-order valence-corrected chi connectivity index (χ2v) is 7.01. The molecule has 0 aliphatic carbocycles. The Hall–Kier alpha value is -0.820. The highest BCUT2D eigenvalue weighted by molar-refractivity contribution is 14.0. The minimum absolute atomic E-state index is 0. The molecule has 1 atom stereocenters. The predicted octanol–water partition coefficient (Wildman–Crippen LogP) is 4.04. The molecule has 0 bridgehead atoms. The lowest BCUT2D eigenvalue weighted by atomic mass is 9.99. The van der Waals surface area contributed by atoms with Crippen molar-refractivity contribution in [2.75, 3.05) is 33.2 Å². The maximum absolute atomic E-state index is 4.33. The summed E-state index contributed by atoms with van der Waals surface area (Å²) in [7, 11) is 1.84. The van der Waals surface area contributed by atoms with Crippen LogP contribution in [0.25, 0.3) is 0 Å². The van der Waals surface area contributed by atoms with Crippen LogP contribution in [0.2, 0.25) is 0 Å². The molecule has 0 amide bonds. The number of guanidine groups is 1. The molecule has 25 heavy (non-hydrogen) atoms. The minimum Gasteiger partial charge on any atom is -0.356 e. The van der Waals surface area contributed by atoms with E-state index in [0.29, 0.717) is 0 Å². The Kier molecular flexibility index (Phi) is 11.1. The van der Waals surface area contributed by atoms with Crippen molar-refractivity contribution < 1.29 is 0 Å². The number of unbranched alkanes of at least 4 members (excludes halogenated alkanes) is 1. The zero-order valence-electron chi connectivity index (χ0n) is 16.0. The van der Waals surface area contributed by atoms with Gasteiger partial charge in [-0.2, -0.15) is 0 Å². The highest BCUT2D eigenvalue weighted by atomic mass is 127. The van der Waals surface area contributed by atoms with Gasteiger partial charge in [-0.1, -0.05) is 37.3 Å². The molecule has 1 unspecified atom stereocenters. The Morgan fingerprint density at radius 1 is 1.20 bits per heavy atom. The van der Waals surface area contributed by atoms with Gasteiger partial charge in [0.1, 0.15) is 0 Å². The smallest absolute Gasteiger partial charge is 0.191 e. The molecule has 4 nitrogen and oxygen atoms in total. The third-order valence-corrected chi connectivity index (χ3v) is 4.95. The monoisotopic (exact) mass is 458 g/mol. The molecular weight excluding hydrogens is 423 g/mol. The van der Waals surface area contributed by atoms with Crippen molar-refractivity contribution in [2.24, 2.45) is 10.9 Å². The number of halogens is 1. The van der Waals surface area contributed by atoms with Gasteiger partial charge in [0.2, 0.25) is 0 Å². The van der Waals surface area contributed by atoms with E-state index in [0.717, 1.165) is 18.4 Å². The Balaban J connectivity index is 0.00000312. The van der Waals surface area contributed by atoms with E-state index in [9.17, 15) is 0 Å². The molecule has 2 rings (SSSR count). The second kappa shape index (κ2) is 12.5. The number of rotatable bonds is 7. The Labute approximate surface area is 170 Å². The minimum atomic E-state index is 0. The van der Waals surface area contributed by atoms with Crippen molar-refractivity contribution in [3.63, 3.8) is 0 Å². The van der Waals surface area contributed by atoms with Gasteiger partial charge in [-0.25, -0.2) is 0 Å². The molecule has 142 valence electrons. The summed E-state index contributed by atoms with van der Waals surface area (Å²) in [5.41, 5.74) is 1.28. The van der Waals surface area contributed by atoms with E-state index in [-0.39, 0.29) is 30.0 Å². The number of hydrogen-bond donors (Lipinski definition) is 2. The number of nitrogens with one attached hydrogen (secondary N) is 2. The van der Waals surface area contributed by atoms with Gasteiger partial charge in [0.05, 0.1) is 6.04 Å². The van der Waals surface area contributed by atoms with Crippen molar-refractivity contribution in [2.45, 2.75) is 45.6 Å². The molecular formula is C20H35IN4. The lowest BCUT2D eigenvalue weighted by Gasteiger charge is -2.30. The predicted molar refractivity (Wildman–Crippen MR) is 119 cm³/mol. The summed E-state index contributed by atoms with van der Waals surface area (Å²) in [5, 5.41) is 6.89. The average molecular weight is 458 g/mol. The van der Waals surface area contributed by atoms with E-state index < -0.39 is 0 Å². The molecule has 1 aliphatic heterocycles. The van der Waals surface area contributed by atoms with Gasteiger partial charge >= 0.3 is 0 Å². The SMILES string of the molecule is CN=C(NCCCCN1CCC(C)CC1)NC(C)c1ccccc1.I. The lowest BCUT2D eigenvalue weighted by Crippen LogP contribution is -2.39. The molecule has 1 aliphatic rings. The van der Waals surface area contributed by atoms with Crippen LogP contribution in [0.1, 0.15) is 51.1 Å². The first-order valence-electron chi connectivity index (χ1n) is 9.43. The quantitative estimate of drug-likeness (QED) is 0.281. The molecule has 5 heteroatoms. The van der Waals surface area contributed by atoms with Crippen molar-refractivity contribution in [1.82, 2.24) is 15.5 Å². The lowest BCUT2D eigenvalue weighted by molar-refractivity contribution is 0.189. The summed E-state index contributed by atoms with van der Waals surface area (Å²) in [6, 6.07) is 10.7. The van der Waals surface area contributed by atoms with Gasteiger partial charge in [-0.05, 0) is 63.7 Å². The summed E-state index contributed by atoms with van der Waals surface area (Å²) in [6.45, 7) is 9.32. The van der Waals surface area contributed by atoms with E-state index in [1.165, 1.54) is 50.9 Å². The van der Waals surface area contributed by atoms with Crippen LogP contribution in [0.15, 0.2) is 35.3 Å². The molecule has 1 saturated heterocycles. The molecule has 0 aromatic heterocycles. The van der Waals surface area contributed by atoms with Gasteiger partial charge in [-0.15, -0.1) is 24.0 Å². The summed E-state index contributed by atoms with van der Waals surface area (Å²) < 4.78 is 0. The first-order chi connectivity index (χ1) is 11.7. The summed E-state index contributed by atoms with van der Waals surface area (Å²) in [6.07, 6.45) is 5.18. The average Bonchev–Trinajstić information content (AvgIpc) is 2.62. The van der Waals surface area contributed by atoms with Crippen LogP contribution in [0, 0.1) is 5.92 Å². The highest BCUT2D eigenvalue weighted by Crippen LogP contribution is 2.16. The molecule has 2 N–H and O–H groups in total. The van der Waals surface area contributed by atoms with Crippen LogP contribution in [0.4, 0.5) is 0 Å². The van der Waals surface area contributed by atoms with Gasteiger partial charge in [0.15, 0.2) is 5.96 Å². The normalized spacial score (nSPS) is 17.6. The Morgan fingerprint density at radius 3 is 2.52 bits per heavy atom. The maximum Gasteiger partial charge on any atom is 0.191 e. The van der Waals surface area contributed by atoms with Gasteiger partial charge in [-0.3, -0.25) is 4.99 Å². The molecule has 1 aromatic rings. The molecule has 0 radical (unpaired) electrons. The zero-order chi connectivity index (χ0) is 17.2. The number of benzene rings is 1. The number of piperidine rings is 1. The number of nitrogens with zero attached hydrogens (tertiary/aromatic N) is 2. The van der Waals surface area contributed by atoms with Crippen LogP contribution in [0.3, 0.4) is 0 Å². The fourth-order valence-electron chi connectivity index (χ4n) is 3.18. The van der Waals surface area contributed by atoms with Crippen LogP contribution < -0.4 is 10.6 Å². The van der Waals surface area contributed by atoms with E-state index in [4.69, 9.17) is 0 Å². The van der Waals surface area contributed by atoms with E-state index in [1.807, 2.05) is 13.1 Å². The van der Waals surface area contributed by atoms with Crippen LogP contribution in [-0.4, -0.2) is 44.1 Å². The van der Waals surface area contributed by atoms with Crippen molar-refractivity contribution in [3.05, 3.63) is 35.9 Å². The Bertz CT molecular complexity index is 484. The molecule has 1 heterocycles. The first-order valence-corrected chi connectivity index (χ1v) is 9.43.